The maximum absolute atomic E-state index is 9.88. The van der Waals surface area contributed by atoms with Gasteiger partial charge in [0.15, 0.2) is 0 Å². The third-order valence-corrected chi connectivity index (χ3v) is 2.04. The van der Waals surface area contributed by atoms with Crippen molar-refractivity contribution in [1.82, 2.24) is 4.90 Å². The van der Waals surface area contributed by atoms with Crippen LogP contribution in [0.3, 0.4) is 0 Å². The number of aliphatic hydroxyl groups is 1. The maximum atomic E-state index is 9.88. The highest BCUT2D eigenvalue weighted by Gasteiger charge is 2.12. The Morgan fingerprint density at radius 3 is 2.57 bits per heavy atom. The minimum absolute atomic E-state index is 0.499. The van der Waals surface area contributed by atoms with Crippen LogP contribution in [-0.2, 0) is 0 Å². The number of para-hydroxylation sites is 1. The van der Waals surface area contributed by atoms with Crippen molar-refractivity contribution < 1.29 is 9.84 Å². The summed E-state index contributed by atoms with van der Waals surface area (Å²) in [4.78, 5) is 1.94. The molecule has 1 N–H and O–H groups in total. The number of rotatable bonds is 4. The number of hydrogen-bond donors (Lipinski definition) is 1. The summed E-state index contributed by atoms with van der Waals surface area (Å²) in [6.07, 6.45) is -0.499. The van der Waals surface area contributed by atoms with E-state index in [1.807, 2.05) is 43.3 Å². The van der Waals surface area contributed by atoms with Crippen LogP contribution < -0.4 is 4.74 Å². The number of ether oxygens (including phenoxy) is 1. The molecule has 0 spiro atoms. The number of likely N-dealkylation sites (N-methyl/N-ethyl adjacent to an activating group) is 1. The van der Waals surface area contributed by atoms with Gasteiger partial charge in [-0.3, -0.25) is 0 Å². The molecule has 0 amide bonds. The number of nitrogens with zero attached hydrogens (tertiary/aromatic N) is 1. The fourth-order valence-corrected chi connectivity index (χ4v) is 1.39. The lowest BCUT2D eigenvalue weighted by Gasteiger charge is -2.18. The summed E-state index contributed by atoms with van der Waals surface area (Å²) >= 11 is 0. The van der Waals surface area contributed by atoms with Gasteiger partial charge < -0.3 is 14.7 Å². The molecule has 3 nitrogen and oxygen atoms in total. The van der Waals surface area contributed by atoms with Gasteiger partial charge in [0, 0.05) is 12.1 Å². The van der Waals surface area contributed by atoms with E-state index < -0.39 is 6.10 Å². The zero-order valence-corrected chi connectivity index (χ0v) is 8.90. The van der Waals surface area contributed by atoms with E-state index in [-0.39, 0.29) is 0 Å². The van der Waals surface area contributed by atoms with Crippen molar-refractivity contribution in [2.75, 3.05) is 27.7 Å². The molecule has 0 aliphatic heterocycles. The van der Waals surface area contributed by atoms with Crippen LogP contribution in [0.2, 0.25) is 0 Å². The van der Waals surface area contributed by atoms with Crippen LogP contribution in [0.15, 0.2) is 24.3 Å². The Bertz CT molecular complexity index is 286. The molecule has 0 aliphatic carbocycles. The van der Waals surface area contributed by atoms with Crippen molar-refractivity contribution in [2.45, 2.75) is 6.10 Å². The summed E-state index contributed by atoms with van der Waals surface area (Å²) in [5, 5.41) is 9.88. The van der Waals surface area contributed by atoms with Crippen molar-refractivity contribution >= 4 is 0 Å². The number of methoxy groups -OCH3 is 1. The van der Waals surface area contributed by atoms with Gasteiger partial charge in [-0.05, 0) is 20.2 Å². The second kappa shape index (κ2) is 4.98. The van der Waals surface area contributed by atoms with Gasteiger partial charge in [0.05, 0.1) is 13.2 Å². The predicted octanol–water partition coefficient (Wildman–Crippen LogP) is 1.29. The minimum Gasteiger partial charge on any atom is -0.496 e. The van der Waals surface area contributed by atoms with Crippen LogP contribution in [0.4, 0.5) is 0 Å². The van der Waals surface area contributed by atoms with E-state index in [1.165, 1.54) is 0 Å². The molecule has 0 heterocycles. The molecule has 1 unspecified atom stereocenters. The van der Waals surface area contributed by atoms with E-state index in [4.69, 9.17) is 4.74 Å². The zero-order chi connectivity index (χ0) is 10.6. The molecule has 0 fully saturated rings. The van der Waals surface area contributed by atoms with Crippen LogP contribution in [0, 0.1) is 0 Å². The molecule has 0 aliphatic rings. The van der Waals surface area contributed by atoms with Crippen molar-refractivity contribution in [2.24, 2.45) is 0 Å². The number of benzene rings is 1. The van der Waals surface area contributed by atoms with E-state index in [9.17, 15) is 5.11 Å². The standard InChI is InChI=1S/C11H17NO2/c1-12(2)8-10(13)9-6-4-5-7-11(9)14-3/h4-7,10,13H,8H2,1-3H3. The fraction of sp³-hybridized carbons (Fsp3) is 0.455. The highest BCUT2D eigenvalue weighted by Crippen LogP contribution is 2.24. The second-order valence-corrected chi connectivity index (χ2v) is 3.52. The summed E-state index contributed by atoms with van der Waals surface area (Å²) in [5.41, 5.74) is 0.837. The molecular formula is C11H17NO2. The predicted molar refractivity (Wildman–Crippen MR) is 56.5 cm³/mol. The molecule has 0 radical (unpaired) electrons. The van der Waals surface area contributed by atoms with Gasteiger partial charge in [-0.25, -0.2) is 0 Å². The third-order valence-electron chi connectivity index (χ3n) is 2.04. The van der Waals surface area contributed by atoms with Crippen molar-refractivity contribution in [3.05, 3.63) is 29.8 Å². The molecule has 1 aromatic carbocycles. The highest BCUT2D eigenvalue weighted by atomic mass is 16.5. The van der Waals surface area contributed by atoms with Gasteiger partial charge in [0.1, 0.15) is 5.75 Å². The Morgan fingerprint density at radius 2 is 2.00 bits per heavy atom. The highest BCUT2D eigenvalue weighted by molar-refractivity contribution is 5.35. The van der Waals surface area contributed by atoms with Crippen LogP contribution >= 0.6 is 0 Å². The summed E-state index contributed by atoms with van der Waals surface area (Å²) < 4.78 is 5.17. The Kier molecular flexibility index (Phi) is 3.92. The van der Waals surface area contributed by atoms with Gasteiger partial charge in [-0.1, -0.05) is 18.2 Å². The molecule has 0 aromatic heterocycles. The van der Waals surface area contributed by atoms with Gasteiger partial charge >= 0.3 is 0 Å². The first kappa shape index (κ1) is 11.0. The van der Waals surface area contributed by atoms with Crippen LogP contribution in [0.25, 0.3) is 0 Å². The third kappa shape index (κ3) is 2.72. The lowest BCUT2D eigenvalue weighted by molar-refractivity contribution is 0.135. The normalized spacial score (nSPS) is 12.9. The fourth-order valence-electron chi connectivity index (χ4n) is 1.39. The Labute approximate surface area is 84.9 Å². The van der Waals surface area contributed by atoms with Crippen LogP contribution in [-0.4, -0.2) is 37.8 Å². The lowest BCUT2D eigenvalue weighted by atomic mass is 10.1. The first-order chi connectivity index (χ1) is 6.65. The zero-order valence-electron chi connectivity index (χ0n) is 8.90. The van der Waals surface area contributed by atoms with E-state index in [1.54, 1.807) is 7.11 Å². The summed E-state index contributed by atoms with van der Waals surface area (Å²) in [6.45, 7) is 0.598. The Morgan fingerprint density at radius 1 is 1.36 bits per heavy atom. The molecule has 1 rings (SSSR count). The monoisotopic (exact) mass is 195 g/mol. The summed E-state index contributed by atoms with van der Waals surface area (Å²) in [6, 6.07) is 7.53. The summed E-state index contributed by atoms with van der Waals surface area (Å²) in [5.74, 6) is 0.738. The van der Waals surface area contributed by atoms with Gasteiger partial charge in [0.25, 0.3) is 0 Å². The van der Waals surface area contributed by atoms with Gasteiger partial charge in [-0.15, -0.1) is 0 Å². The van der Waals surface area contributed by atoms with Gasteiger partial charge in [0.2, 0.25) is 0 Å². The molecular weight excluding hydrogens is 178 g/mol. The van der Waals surface area contributed by atoms with E-state index in [2.05, 4.69) is 0 Å². The van der Waals surface area contributed by atoms with E-state index in [0.29, 0.717) is 6.54 Å². The van der Waals surface area contributed by atoms with Crippen molar-refractivity contribution in [3.8, 4) is 5.75 Å². The number of aliphatic hydroxyl groups excluding tert-OH is 1. The maximum Gasteiger partial charge on any atom is 0.124 e. The molecule has 0 saturated heterocycles. The molecule has 78 valence electrons. The first-order valence-corrected chi connectivity index (χ1v) is 4.61. The largest absolute Gasteiger partial charge is 0.496 e. The minimum atomic E-state index is -0.499. The smallest absolute Gasteiger partial charge is 0.124 e. The quantitative estimate of drug-likeness (QED) is 0.785. The molecule has 0 bridgehead atoms. The lowest BCUT2D eigenvalue weighted by Crippen LogP contribution is -2.20. The van der Waals surface area contributed by atoms with Crippen LogP contribution in [0.1, 0.15) is 11.7 Å². The van der Waals surface area contributed by atoms with E-state index >= 15 is 0 Å². The second-order valence-electron chi connectivity index (χ2n) is 3.52. The molecule has 14 heavy (non-hydrogen) atoms. The van der Waals surface area contributed by atoms with Crippen LogP contribution in [0.5, 0.6) is 5.75 Å². The van der Waals surface area contributed by atoms with Crippen molar-refractivity contribution in [1.29, 1.82) is 0 Å². The van der Waals surface area contributed by atoms with Gasteiger partial charge in [-0.2, -0.15) is 0 Å². The van der Waals surface area contributed by atoms with Crippen molar-refractivity contribution in [3.63, 3.8) is 0 Å². The summed E-state index contributed by atoms with van der Waals surface area (Å²) in [7, 11) is 5.47. The molecule has 3 heteroatoms. The SMILES string of the molecule is COc1ccccc1C(O)CN(C)C. The average molecular weight is 195 g/mol. The van der Waals surface area contributed by atoms with E-state index in [0.717, 1.165) is 11.3 Å². The molecule has 0 saturated carbocycles. The Balaban J connectivity index is 2.82. The first-order valence-electron chi connectivity index (χ1n) is 4.61. The number of hydrogen-bond acceptors (Lipinski definition) is 3. The molecule has 1 aromatic rings. The Hall–Kier alpha value is -1.06. The molecule has 1 atom stereocenters. The average Bonchev–Trinajstić information content (AvgIpc) is 2.16. The topological polar surface area (TPSA) is 32.7 Å².